The Labute approximate surface area is 177 Å². The lowest BCUT2D eigenvalue weighted by atomic mass is 10.0. The highest BCUT2D eigenvalue weighted by atomic mass is 16.5. The van der Waals surface area contributed by atoms with Crippen LogP contribution in [0.1, 0.15) is 19.5 Å². The van der Waals surface area contributed by atoms with E-state index in [-0.39, 0.29) is 5.75 Å². The Bertz CT molecular complexity index is 1030. The molecule has 0 aliphatic carbocycles. The summed E-state index contributed by atoms with van der Waals surface area (Å²) in [5.41, 5.74) is 2.01. The molecule has 31 heavy (non-hydrogen) atoms. The fraction of sp³-hybridized carbons (Fsp3) is 0.350. The van der Waals surface area contributed by atoms with Gasteiger partial charge >= 0.3 is 11.9 Å². The summed E-state index contributed by atoms with van der Waals surface area (Å²) in [6.45, 7) is 4.95. The monoisotopic (exact) mass is 433 g/mol. The first-order valence-electron chi connectivity index (χ1n) is 9.17. The number of ether oxygens (including phenoxy) is 1. The van der Waals surface area contributed by atoms with Gasteiger partial charge in [0.1, 0.15) is 11.4 Å². The number of hydrogen-bond acceptors (Lipinski definition) is 9. The van der Waals surface area contributed by atoms with Crippen molar-refractivity contribution in [3.05, 3.63) is 24.0 Å². The maximum Gasteiger partial charge on any atom is 0.335 e. The number of phenols is 1. The molecule has 166 valence electrons. The number of pyridine rings is 1. The van der Waals surface area contributed by atoms with E-state index in [1.807, 2.05) is 6.07 Å². The summed E-state index contributed by atoms with van der Waals surface area (Å²) < 4.78 is 5.19. The highest BCUT2D eigenvalue weighted by Crippen LogP contribution is 2.44. The lowest BCUT2D eigenvalue weighted by Crippen LogP contribution is -2.39. The van der Waals surface area contributed by atoms with Gasteiger partial charge in [-0.2, -0.15) is 0 Å². The Morgan fingerprint density at radius 3 is 2.29 bits per heavy atom. The summed E-state index contributed by atoms with van der Waals surface area (Å²) in [5, 5.41) is 44.5. The summed E-state index contributed by atoms with van der Waals surface area (Å²) in [6.07, 6.45) is -1.14. The maximum atomic E-state index is 10.2. The molecular formula is C20H23N3O8. The number of benzene rings is 1. The van der Waals surface area contributed by atoms with Gasteiger partial charge in [0, 0.05) is 18.1 Å². The fourth-order valence-electron chi connectivity index (χ4n) is 2.62. The number of aliphatic hydroxyl groups is 2. The van der Waals surface area contributed by atoms with Gasteiger partial charge in [0.05, 0.1) is 19.0 Å². The fourth-order valence-corrected chi connectivity index (χ4v) is 2.62. The van der Waals surface area contributed by atoms with Gasteiger partial charge in [-0.05, 0) is 23.4 Å². The number of carboxylic acids is 2. The molecule has 1 aromatic carbocycles. The Balaban J connectivity index is 0.000000291. The molecule has 0 bridgehead atoms. The molecule has 1 aromatic heterocycles. The van der Waals surface area contributed by atoms with E-state index in [0.29, 0.717) is 17.4 Å². The van der Waals surface area contributed by atoms with Crippen molar-refractivity contribution in [1.29, 1.82) is 0 Å². The second-order valence-electron chi connectivity index (χ2n) is 6.98. The van der Waals surface area contributed by atoms with Crippen LogP contribution in [0.15, 0.2) is 28.3 Å². The van der Waals surface area contributed by atoms with E-state index < -0.39 is 24.1 Å². The first kappa shape index (κ1) is 23.7. The zero-order valence-electron chi connectivity index (χ0n) is 17.1. The molecule has 1 aliphatic heterocycles. The maximum absolute atomic E-state index is 10.2. The number of aliphatic imine (C=N–C) groups is 2. The number of rotatable bonds is 6. The van der Waals surface area contributed by atoms with Gasteiger partial charge in [0.15, 0.2) is 23.7 Å². The third kappa shape index (κ3) is 5.32. The first-order valence-corrected chi connectivity index (χ1v) is 9.17. The summed E-state index contributed by atoms with van der Waals surface area (Å²) in [4.78, 5) is 32.9. The molecule has 1 aliphatic rings. The van der Waals surface area contributed by atoms with Crippen LogP contribution in [0, 0.1) is 5.92 Å². The van der Waals surface area contributed by atoms with Crippen molar-refractivity contribution in [3.63, 3.8) is 0 Å². The molecule has 2 aromatic rings. The number of carbonyl (C=O) groups is 2. The predicted octanol–water partition coefficient (Wildman–Crippen LogP) is 0.987. The topological polar surface area (TPSA) is 182 Å². The second kappa shape index (κ2) is 9.96. The summed E-state index contributed by atoms with van der Waals surface area (Å²) in [7, 11) is 1.53. The van der Waals surface area contributed by atoms with E-state index in [0.717, 1.165) is 28.7 Å². The van der Waals surface area contributed by atoms with Crippen LogP contribution in [0.4, 0.5) is 5.69 Å². The Morgan fingerprint density at radius 2 is 1.77 bits per heavy atom. The second-order valence-corrected chi connectivity index (χ2v) is 6.98. The lowest BCUT2D eigenvalue weighted by molar-refractivity contribution is -0.165. The molecule has 2 unspecified atom stereocenters. The Morgan fingerprint density at radius 1 is 1.16 bits per heavy atom. The van der Waals surface area contributed by atoms with Crippen molar-refractivity contribution in [2.24, 2.45) is 15.9 Å². The van der Waals surface area contributed by atoms with Crippen molar-refractivity contribution in [2.45, 2.75) is 26.1 Å². The van der Waals surface area contributed by atoms with E-state index in [2.05, 4.69) is 28.8 Å². The Kier molecular flexibility index (Phi) is 7.61. The molecule has 0 saturated heterocycles. The molecular weight excluding hydrogens is 410 g/mol. The largest absolute Gasteiger partial charge is 0.503 e. The summed E-state index contributed by atoms with van der Waals surface area (Å²) >= 11 is 0. The minimum atomic E-state index is -2.27. The van der Waals surface area contributed by atoms with E-state index in [4.69, 9.17) is 25.2 Å². The van der Waals surface area contributed by atoms with Crippen LogP contribution in [0.2, 0.25) is 0 Å². The molecule has 0 amide bonds. The minimum Gasteiger partial charge on any atom is -0.503 e. The van der Waals surface area contributed by atoms with E-state index >= 15 is 0 Å². The van der Waals surface area contributed by atoms with Crippen LogP contribution in [-0.2, 0) is 9.59 Å². The van der Waals surface area contributed by atoms with Gasteiger partial charge in [0.25, 0.3) is 0 Å². The minimum absolute atomic E-state index is 0.0402. The van der Waals surface area contributed by atoms with Crippen molar-refractivity contribution < 1.29 is 39.9 Å². The number of aromatic nitrogens is 1. The van der Waals surface area contributed by atoms with Crippen molar-refractivity contribution in [3.8, 4) is 11.5 Å². The molecule has 0 radical (unpaired) electrons. The molecule has 11 heteroatoms. The highest BCUT2D eigenvalue weighted by molar-refractivity contribution is 6.43. The van der Waals surface area contributed by atoms with E-state index in [9.17, 15) is 14.7 Å². The average Bonchev–Trinajstić information content (AvgIpc) is 2.74. The zero-order valence-corrected chi connectivity index (χ0v) is 17.1. The molecule has 5 N–H and O–H groups in total. The number of aliphatic hydroxyl groups excluding tert-OH is 2. The molecule has 2 heterocycles. The van der Waals surface area contributed by atoms with E-state index in [1.54, 1.807) is 18.5 Å². The van der Waals surface area contributed by atoms with Crippen LogP contribution < -0.4 is 4.74 Å². The molecule has 0 spiro atoms. The summed E-state index contributed by atoms with van der Waals surface area (Å²) in [5.74, 6) is -2.62. The number of hydrogen-bond donors (Lipinski definition) is 5. The van der Waals surface area contributed by atoms with Crippen molar-refractivity contribution in [2.75, 3.05) is 13.7 Å². The van der Waals surface area contributed by atoms with Crippen LogP contribution in [-0.4, -0.2) is 80.2 Å². The normalized spacial score (nSPS) is 15.4. The molecule has 0 saturated carbocycles. The van der Waals surface area contributed by atoms with Gasteiger partial charge in [-0.15, -0.1) is 0 Å². The number of aromatic hydroxyl groups is 1. The zero-order chi connectivity index (χ0) is 23.3. The van der Waals surface area contributed by atoms with Crippen LogP contribution >= 0.6 is 0 Å². The third-order valence-electron chi connectivity index (χ3n) is 4.17. The standard InChI is InChI=1S/C16H17N3O2.C4H6O6/c1-9(2)7-18-11-8-19-15-13-10(4-5-17-14(11)13)6-12(21-3)16(15)20;5-1(3(7)8)2(6)4(9)10/h4-6,8-9,20H,7H2,1-3H3;1-2,5-6H,(H,7,8)(H,9,10). The van der Waals surface area contributed by atoms with Crippen LogP contribution in [0.25, 0.3) is 10.8 Å². The number of nitrogens with zero attached hydrogens (tertiary/aromatic N) is 3. The lowest BCUT2D eigenvalue weighted by Gasteiger charge is -2.16. The van der Waals surface area contributed by atoms with Gasteiger partial charge in [0.2, 0.25) is 0 Å². The quantitative estimate of drug-likeness (QED) is 0.443. The van der Waals surface area contributed by atoms with Gasteiger partial charge in [-0.3, -0.25) is 9.98 Å². The van der Waals surface area contributed by atoms with Gasteiger partial charge in [-0.1, -0.05) is 13.8 Å². The third-order valence-corrected chi connectivity index (χ3v) is 4.17. The first-order chi connectivity index (χ1) is 14.6. The number of phenolic OH excluding ortho intramolecular Hbond substituents is 1. The summed E-state index contributed by atoms with van der Waals surface area (Å²) in [6, 6.07) is 3.67. The SMILES string of the molecule is COc1cc2ccnc3c2c(c1O)N=CC3=NCC(C)C.O=C(O)C(O)C(O)C(=O)O. The van der Waals surface area contributed by atoms with Gasteiger partial charge in [-0.25, -0.2) is 14.6 Å². The van der Waals surface area contributed by atoms with Crippen LogP contribution in [0.3, 0.4) is 0 Å². The number of methoxy groups -OCH3 is 1. The van der Waals surface area contributed by atoms with Gasteiger partial charge < -0.3 is 30.3 Å². The average molecular weight is 433 g/mol. The number of carboxylic acid groups (broad SMARTS) is 2. The Hall–Kier alpha value is -3.57. The smallest absolute Gasteiger partial charge is 0.335 e. The predicted molar refractivity (Wildman–Crippen MR) is 112 cm³/mol. The highest BCUT2D eigenvalue weighted by Gasteiger charge is 2.29. The van der Waals surface area contributed by atoms with Crippen molar-refractivity contribution >= 4 is 40.3 Å². The molecule has 0 fully saturated rings. The molecule has 11 nitrogen and oxygen atoms in total. The van der Waals surface area contributed by atoms with Crippen molar-refractivity contribution in [1.82, 2.24) is 4.98 Å². The van der Waals surface area contributed by atoms with E-state index in [1.165, 1.54) is 7.11 Å². The molecule has 2 atom stereocenters. The van der Waals surface area contributed by atoms with Crippen LogP contribution in [0.5, 0.6) is 11.5 Å². The number of aliphatic carboxylic acids is 2. The molecule has 3 rings (SSSR count).